The molecule has 0 aliphatic rings. The Morgan fingerprint density at radius 1 is 1.12 bits per heavy atom. The monoisotopic (exact) mass is 230 g/mol. The summed E-state index contributed by atoms with van der Waals surface area (Å²) >= 11 is 0. The zero-order valence-corrected chi connectivity index (χ0v) is 9.89. The van der Waals surface area contributed by atoms with Crippen LogP contribution in [-0.2, 0) is 23.8 Å². The number of esters is 2. The fraction of sp³-hybridized carbons (Fsp3) is 0.455. The van der Waals surface area contributed by atoms with Crippen molar-refractivity contribution in [2.24, 2.45) is 0 Å². The van der Waals surface area contributed by atoms with Gasteiger partial charge in [-0.15, -0.1) is 0 Å². The van der Waals surface area contributed by atoms with Gasteiger partial charge in [0, 0.05) is 25.4 Å². The third-order valence-corrected chi connectivity index (χ3v) is 1.16. The molecule has 0 bridgehead atoms. The highest BCUT2D eigenvalue weighted by Crippen LogP contribution is 1.83. The third kappa shape index (κ3) is 14.9. The van der Waals surface area contributed by atoms with Crippen molar-refractivity contribution in [1.29, 1.82) is 0 Å². The normalized spacial score (nSPS) is 8.94. The highest BCUT2D eigenvalue weighted by atomic mass is 16.5. The summed E-state index contributed by atoms with van der Waals surface area (Å²) in [5, 5.41) is 0. The molecule has 0 aliphatic carbocycles. The van der Waals surface area contributed by atoms with E-state index >= 15 is 0 Å². The van der Waals surface area contributed by atoms with Gasteiger partial charge < -0.3 is 14.2 Å². The number of hydrogen-bond donors (Lipinski definition) is 0. The Labute approximate surface area is 95.7 Å². The van der Waals surface area contributed by atoms with Gasteiger partial charge in [0.1, 0.15) is 0 Å². The second-order valence-electron chi connectivity index (χ2n) is 2.24. The molecular formula is C11H18O5. The molecule has 0 N–H and O–H groups in total. The predicted molar refractivity (Wildman–Crippen MR) is 59.6 cm³/mol. The van der Waals surface area contributed by atoms with Crippen molar-refractivity contribution in [3.8, 4) is 0 Å². The first kappa shape index (κ1) is 16.8. The molecule has 16 heavy (non-hydrogen) atoms. The first-order valence-corrected chi connectivity index (χ1v) is 4.77. The minimum atomic E-state index is -0.662. The lowest BCUT2D eigenvalue weighted by Crippen LogP contribution is -1.98. The molecule has 0 fully saturated rings. The Morgan fingerprint density at radius 2 is 1.62 bits per heavy atom. The molecule has 0 rings (SSSR count). The summed E-state index contributed by atoms with van der Waals surface area (Å²) in [7, 11) is 1.21. The number of ether oxygens (including phenoxy) is 3. The quantitative estimate of drug-likeness (QED) is 0.406. The Bertz CT molecular complexity index is 231. The van der Waals surface area contributed by atoms with Crippen molar-refractivity contribution < 1.29 is 23.8 Å². The lowest BCUT2D eigenvalue weighted by Gasteiger charge is -1.90. The van der Waals surface area contributed by atoms with Crippen LogP contribution in [0.2, 0.25) is 0 Å². The summed E-state index contributed by atoms with van der Waals surface area (Å²) in [5.41, 5.74) is 0. The van der Waals surface area contributed by atoms with Gasteiger partial charge in [0.15, 0.2) is 0 Å². The van der Waals surface area contributed by atoms with Gasteiger partial charge in [-0.05, 0) is 13.8 Å². The van der Waals surface area contributed by atoms with Crippen LogP contribution in [0.25, 0.3) is 0 Å². The molecule has 0 aromatic carbocycles. The van der Waals surface area contributed by atoms with Gasteiger partial charge in [0.05, 0.1) is 13.4 Å². The van der Waals surface area contributed by atoms with Gasteiger partial charge in [0.2, 0.25) is 0 Å². The molecule has 0 saturated heterocycles. The Morgan fingerprint density at radius 3 is 1.94 bits per heavy atom. The number of carbonyl (C=O) groups is 2. The van der Waals surface area contributed by atoms with Crippen molar-refractivity contribution in [2.75, 3.05) is 20.3 Å². The van der Waals surface area contributed by atoms with Crippen molar-refractivity contribution in [1.82, 2.24) is 0 Å². The van der Waals surface area contributed by atoms with E-state index in [0.717, 1.165) is 31.6 Å². The molecule has 0 saturated carbocycles. The second kappa shape index (κ2) is 13.4. The van der Waals surface area contributed by atoms with E-state index in [1.807, 2.05) is 13.8 Å². The zero-order chi connectivity index (χ0) is 12.8. The fourth-order valence-electron chi connectivity index (χ4n) is 0.530. The third-order valence-electron chi connectivity index (χ3n) is 1.16. The summed E-state index contributed by atoms with van der Waals surface area (Å²) in [6, 6.07) is 0. The number of rotatable bonds is 5. The van der Waals surface area contributed by atoms with Crippen LogP contribution in [0, 0.1) is 0 Å². The summed E-state index contributed by atoms with van der Waals surface area (Å²) < 4.78 is 13.3. The Kier molecular flexibility index (Phi) is 14.0. The van der Waals surface area contributed by atoms with E-state index in [9.17, 15) is 9.59 Å². The lowest BCUT2D eigenvalue weighted by molar-refractivity contribution is -0.136. The van der Waals surface area contributed by atoms with E-state index in [4.69, 9.17) is 4.74 Å². The van der Waals surface area contributed by atoms with E-state index in [0.29, 0.717) is 0 Å². The number of methoxy groups -OCH3 is 1. The standard InChI is InChI=1S/C7H8O4.C4H10O/c1-3-11-7(9)5-4-6(8)10-2;1-3-5-4-2/h3-5H,1H2,2H3;3-4H2,1-2H3/b5-4-;. The average molecular weight is 230 g/mol. The molecule has 0 atom stereocenters. The van der Waals surface area contributed by atoms with Gasteiger partial charge in [-0.1, -0.05) is 6.58 Å². The highest BCUT2D eigenvalue weighted by molar-refractivity contribution is 5.91. The van der Waals surface area contributed by atoms with Crippen LogP contribution >= 0.6 is 0 Å². The van der Waals surface area contributed by atoms with Gasteiger partial charge in [0.25, 0.3) is 0 Å². The van der Waals surface area contributed by atoms with Crippen LogP contribution in [0.1, 0.15) is 13.8 Å². The smallest absolute Gasteiger partial charge is 0.335 e. The van der Waals surface area contributed by atoms with Crippen LogP contribution in [0.5, 0.6) is 0 Å². The summed E-state index contributed by atoms with van der Waals surface area (Å²) in [6.07, 6.45) is 2.89. The van der Waals surface area contributed by atoms with Gasteiger partial charge >= 0.3 is 11.9 Å². The van der Waals surface area contributed by atoms with Crippen LogP contribution in [-0.4, -0.2) is 32.3 Å². The largest absolute Gasteiger partial charge is 0.466 e. The molecule has 0 unspecified atom stereocenters. The molecule has 0 aromatic heterocycles. The number of hydrogen-bond acceptors (Lipinski definition) is 5. The Balaban J connectivity index is 0. The SMILES string of the molecule is C=COC(=O)/C=C\C(=O)OC.CCOCC. The first-order valence-electron chi connectivity index (χ1n) is 4.77. The molecular weight excluding hydrogens is 212 g/mol. The number of carbonyl (C=O) groups excluding carboxylic acids is 2. The van der Waals surface area contributed by atoms with E-state index in [1.165, 1.54) is 7.11 Å². The summed E-state index contributed by atoms with van der Waals surface area (Å²) in [6.45, 7) is 8.82. The van der Waals surface area contributed by atoms with Crippen molar-refractivity contribution in [3.05, 3.63) is 25.0 Å². The Hall–Kier alpha value is -1.62. The first-order chi connectivity index (χ1) is 7.62. The maximum absolute atomic E-state index is 10.5. The lowest BCUT2D eigenvalue weighted by atomic mass is 10.5. The van der Waals surface area contributed by atoms with E-state index < -0.39 is 11.9 Å². The topological polar surface area (TPSA) is 61.8 Å². The molecule has 0 aliphatic heterocycles. The maximum atomic E-state index is 10.5. The van der Waals surface area contributed by atoms with Crippen LogP contribution in [0.4, 0.5) is 0 Å². The molecule has 5 heteroatoms. The minimum absolute atomic E-state index is 0.606. The molecule has 0 radical (unpaired) electrons. The minimum Gasteiger partial charge on any atom is -0.466 e. The predicted octanol–water partition coefficient (Wildman–Crippen LogP) is 1.45. The summed E-state index contributed by atoms with van der Waals surface area (Å²) in [5.74, 6) is -1.27. The fourth-order valence-corrected chi connectivity index (χ4v) is 0.530. The molecule has 0 amide bonds. The summed E-state index contributed by atoms with van der Waals surface area (Å²) in [4.78, 5) is 20.9. The van der Waals surface area contributed by atoms with Gasteiger partial charge in [-0.3, -0.25) is 0 Å². The van der Waals surface area contributed by atoms with Crippen LogP contribution < -0.4 is 0 Å². The highest BCUT2D eigenvalue weighted by Gasteiger charge is 1.95. The van der Waals surface area contributed by atoms with Crippen molar-refractivity contribution in [3.63, 3.8) is 0 Å². The molecule has 0 aromatic rings. The molecule has 0 heterocycles. The van der Waals surface area contributed by atoms with E-state index in [1.54, 1.807) is 0 Å². The molecule has 5 nitrogen and oxygen atoms in total. The van der Waals surface area contributed by atoms with Crippen molar-refractivity contribution >= 4 is 11.9 Å². The van der Waals surface area contributed by atoms with E-state index in [2.05, 4.69) is 16.1 Å². The molecule has 0 spiro atoms. The van der Waals surface area contributed by atoms with Gasteiger partial charge in [-0.2, -0.15) is 0 Å². The van der Waals surface area contributed by atoms with Gasteiger partial charge in [-0.25, -0.2) is 9.59 Å². The second-order valence-corrected chi connectivity index (χ2v) is 2.24. The zero-order valence-electron chi connectivity index (χ0n) is 9.89. The van der Waals surface area contributed by atoms with Crippen LogP contribution in [0.15, 0.2) is 25.0 Å². The maximum Gasteiger partial charge on any atom is 0.335 e. The molecule has 92 valence electrons. The van der Waals surface area contributed by atoms with Crippen molar-refractivity contribution in [2.45, 2.75) is 13.8 Å². The average Bonchev–Trinajstić information content (AvgIpc) is 2.28. The van der Waals surface area contributed by atoms with Crippen LogP contribution in [0.3, 0.4) is 0 Å². The van der Waals surface area contributed by atoms with E-state index in [-0.39, 0.29) is 0 Å².